The Balaban J connectivity index is 1.26. The molecule has 2 aromatic carbocycles. The molecule has 0 saturated carbocycles. The van der Waals surface area contributed by atoms with Gasteiger partial charge in [0.2, 0.25) is 0 Å². The molecule has 0 radical (unpaired) electrons. The molecule has 2 N–H and O–H groups in total. The Morgan fingerprint density at radius 3 is 2.61 bits per heavy atom. The number of nitrogens with one attached hydrogen (secondary N) is 2. The van der Waals surface area contributed by atoms with Gasteiger partial charge in [0.1, 0.15) is 18.0 Å². The van der Waals surface area contributed by atoms with Crippen LogP contribution in [-0.2, 0) is 13.1 Å². The Bertz CT molecular complexity index is 1580. The van der Waals surface area contributed by atoms with Gasteiger partial charge in [0, 0.05) is 17.6 Å². The van der Waals surface area contributed by atoms with Crippen molar-refractivity contribution in [2.45, 2.75) is 26.9 Å². The van der Waals surface area contributed by atoms with E-state index in [0.29, 0.717) is 23.2 Å². The number of aromatic nitrogens is 7. The number of pyridine rings is 1. The third kappa shape index (κ3) is 4.73. The molecule has 0 bridgehead atoms. The molecule has 0 aliphatic carbocycles. The number of urea groups is 1. The van der Waals surface area contributed by atoms with Gasteiger partial charge in [-0.2, -0.15) is 10.2 Å². The minimum Gasteiger partial charge on any atom is -0.331 e. The Morgan fingerprint density at radius 1 is 1.00 bits per heavy atom. The van der Waals surface area contributed by atoms with E-state index in [2.05, 4.69) is 35.8 Å². The first-order valence-corrected chi connectivity index (χ1v) is 11.4. The molecule has 2 amide bonds. The van der Waals surface area contributed by atoms with Crippen LogP contribution in [0.5, 0.6) is 0 Å². The third-order valence-corrected chi connectivity index (χ3v) is 5.82. The summed E-state index contributed by atoms with van der Waals surface area (Å²) in [6, 6.07) is 11.7. The van der Waals surface area contributed by atoms with Gasteiger partial charge in [-0.3, -0.25) is 4.98 Å². The summed E-state index contributed by atoms with van der Waals surface area (Å²) in [7, 11) is 0. The van der Waals surface area contributed by atoms with Gasteiger partial charge in [0.15, 0.2) is 11.6 Å². The van der Waals surface area contributed by atoms with Gasteiger partial charge < -0.3 is 10.6 Å². The standard InChI is InChI=1S/C24H21ClFN9O/c1-14-8-17(10-21-18(14)4-3-7-27-21)34-22(30-13-31-34)11-28-24(36)29-12-23-32-15(2)33-35(23)16-5-6-19(25)20(26)9-16/h3-10,13H,11-12H2,1-2H3,(H2,28,29,36). The van der Waals surface area contributed by atoms with Gasteiger partial charge in [-0.25, -0.2) is 28.5 Å². The van der Waals surface area contributed by atoms with Crippen molar-refractivity contribution in [3.8, 4) is 11.4 Å². The summed E-state index contributed by atoms with van der Waals surface area (Å²) < 4.78 is 17.0. The topological polar surface area (TPSA) is 115 Å². The van der Waals surface area contributed by atoms with E-state index in [-0.39, 0.29) is 18.1 Å². The molecular weight excluding hydrogens is 485 g/mol. The number of carbonyl (C=O) groups is 1. The SMILES string of the molecule is Cc1nc(CNC(=O)NCc2ncnn2-c2cc(C)c3cccnc3c2)n(-c2ccc(Cl)c(F)c2)n1. The smallest absolute Gasteiger partial charge is 0.315 e. The third-order valence-electron chi connectivity index (χ3n) is 5.52. The van der Waals surface area contributed by atoms with Crippen LogP contribution in [0.2, 0.25) is 5.02 Å². The number of rotatable bonds is 6. The summed E-state index contributed by atoms with van der Waals surface area (Å²) in [5, 5.41) is 15.2. The molecule has 10 nitrogen and oxygen atoms in total. The van der Waals surface area contributed by atoms with E-state index in [9.17, 15) is 9.18 Å². The Morgan fingerprint density at radius 2 is 1.81 bits per heavy atom. The first-order valence-electron chi connectivity index (χ1n) is 11.0. The molecule has 0 aliphatic heterocycles. The average Bonchev–Trinajstić information content (AvgIpc) is 3.49. The monoisotopic (exact) mass is 505 g/mol. The molecular formula is C24H21ClFN9O. The van der Waals surface area contributed by atoms with Crippen LogP contribution in [0.3, 0.4) is 0 Å². The highest BCUT2D eigenvalue weighted by Gasteiger charge is 2.14. The number of nitrogens with zero attached hydrogens (tertiary/aromatic N) is 7. The number of carbonyl (C=O) groups excluding carboxylic acids is 1. The van der Waals surface area contributed by atoms with Crippen LogP contribution in [0.1, 0.15) is 23.0 Å². The average molecular weight is 506 g/mol. The molecule has 182 valence electrons. The molecule has 3 heterocycles. The molecule has 0 unspecified atom stereocenters. The van der Waals surface area contributed by atoms with Crippen molar-refractivity contribution in [2.75, 3.05) is 0 Å². The van der Waals surface area contributed by atoms with Crippen molar-refractivity contribution in [3.05, 3.63) is 88.9 Å². The molecule has 12 heteroatoms. The van der Waals surface area contributed by atoms with Crippen LogP contribution in [0.15, 0.2) is 55.0 Å². The predicted octanol–water partition coefficient (Wildman–Crippen LogP) is 3.80. The normalized spacial score (nSPS) is 11.1. The zero-order valence-electron chi connectivity index (χ0n) is 19.4. The van der Waals surface area contributed by atoms with Crippen LogP contribution in [0.25, 0.3) is 22.3 Å². The lowest BCUT2D eigenvalue weighted by Crippen LogP contribution is -2.36. The summed E-state index contributed by atoms with van der Waals surface area (Å²) in [5.41, 5.74) is 3.15. The Kier molecular flexibility index (Phi) is 6.30. The van der Waals surface area contributed by atoms with Gasteiger partial charge >= 0.3 is 6.03 Å². The number of amides is 2. The lowest BCUT2D eigenvalue weighted by Gasteiger charge is -2.11. The first-order chi connectivity index (χ1) is 17.4. The summed E-state index contributed by atoms with van der Waals surface area (Å²) >= 11 is 5.78. The molecule has 36 heavy (non-hydrogen) atoms. The fourth-order valence-corrected chi connectivity index (χ4v) is 3.97. The minimum atomic E-state index is -0.569. The molecule has 5 aromatic rings. The second kappa shape index (κ2) is 9.70. The minimum absolute atomic E-state index is 0.0117. The highest BCUT2D eigenvalue weighted by Crippen LogP contribution is 2.21. The van der Waals surface area contributed by atoms with Gasteiger partial charge in [0.25, 0.3) is 0 Å². The fourth-order valence-electron chi connectivity index (χ4n) is 3.85. The van der Waals surface area contributed by atoms with Crippen molar-refractivity contribution < 1.29 is 9.18 Å². The Hall–Kier alpha value is -4.38. The summed E-state index contributed by atoms with van der Waals surface area (Å²) in [6.45, 7) is 3.93. The summed E-state index contributed by atoms with van der Waals surface area (Å²) in [4.78, 5) is 25.6. The molecule has 0 atom stereocenters. The van der Waals surface area contributed by atoms with Crippen LogP contribution in [-0.4, -0.2) is 40.5 Å². The molecule has 0 aliphatic rings. The maximum Gasteiger partial charge on any atom is 0.315 e. The van der Waals surface area contributed by atoms with Crippen molar-refractivity contribution in [3.63, 3.8) is 0 Å². The Labute approximate surface area is 210 Å². The van der Waals surface area contributed by atoms with Gasteiger partial charge in [-0.15, -0.1) is 0 Å². The largest absolute Gasteiger partial charge is 0.331 e. The van der Waals surface area contributed by atoms with Crippen LogP contribution in [0.4, 0.5) is 9.18 Å². The highest BCUT2D eigenvalue weighted by molar-refractivity contribution is 6.30. The second-order valence-electron chi connectivity index (χ2n) is 8.04. The van der Waals surface area contributed by atoms with E-state index in [1.807, 2.05) is 31.2 Å². The number of hydrogen-bond donors (Lipinski definition) is 2. The van der Waals surface area contributed by atoms with E-state index >= 15 is 0 Å². The molecule has 5 rings (SSSR count). The van der Waals surface area contributed by atoms with E-state index in [4.69, 9.17) is 11.6 Å². The van der Waals surface area contributed by atoms with Gasteiger partial charge in [0.05, 0.1) is 35.0 Å². The number of fused-ring (bicyclic) bond motifs is 1. The van der Waals surface area contributed by atoms with E-state index in [0.717, 1.165) is 22.2 Å². The number of aryl methyl sites for hydroxylation is 2. The number of benzene rings is 2. The zero-order valence-corrected chi connectivity index (χ0v) is 20.2. The summed E-state index contributed by atoms with van der Waals surface area (Å²) in [5.74, 6) is 0.901. The lowest BCUT2D eigenvalue weighted by molar-refractivity contribution is 0.239. The maximum absolute atomic E-state index is 13.9. The highest BCUT2D eigenvalue weighted by atomic mass is 35.5. The molecule has 0 saturated heterocycles. The van der Waals surface area contributed by atoms with Crippen LogP contribution in [0, 0.1) is 19.7 Å². The molecule has 0 fully saturated rings. The van der Waals surface area contributed by atoms with Gasteiger partial charge in [-0.05, 0) is 49.7 Å². The van der Waals surface area contributed by atoms with E-state index in [1.54, 1.807) is 23.9 Å². The van der Waals surface area contributed by atoms with Crippen molar-refractivity contribution in [2.24, 2.45) is 0 Å². The van der Waals surface area contributed by atoms with Crippen molar-refractivity contribution >= 4 is 28.5 Å². The lowest BCUT2D eigenvalue weighted by atomic mass is 10.1. The molecule has 3 aromatic heterocycles. The van der Waals surface area contributed by atoms with Crippen molar-refractivity contribution in [1.29, 1.82) is 0 Å². The van der Waals surface area contributed by atoms with E-state index in [1.165, 1.54) is 23.1 Å². The quantitative estimate of drug-likeness (QED) is 0.362. The predicted molar refractivity (Wildman–Crippen MR) is 132 cm³/mol. The molecule has 0 spiro atoms. The van der Waals surface area contributed by atoms with Gasteiger partial charge in [-0.1, -0.05) is 17.7 Å². The van der Waals surface area contributed by atoms with Crippen molar-refractivity contribution in [1.82, 2.24) is 45.1 Å². The van der Waals surface area contributed by atoms with Crippen LogP contribution < -0.4 is 10.6 Å². The summed E-state index contributed by atoms with van der Waals surface area (Å²) in [6.07, 6.45) is 3.18. The zero-order chi connectivity index (χ0) is 25.2. The van der Waals surface area contributed by atoms with E-state index < -0.39 is 11.8 Å². The first kappa shape index (κ1) is 23.4. The second-order valence-corrected chi connectivity index (χ2v) is 8.45. The number of hydrogen-bond acceptors (Lipinski definition) is 6. The maximum atomic E-state index is 13.9. The van der Waals surface area contributed by atoms with Crippen LogP contribution >= 0.6 is 11.6 Å². The fraction of sp³-hybridized carbons (Fsp3) is 0.167. The number of halogens is 2.